The van der Waals surface area contributed by atoms with E-state index in [9.17, 15) is 0 Å². The van der Waals surface area contributed by atoms with Gasteiger partial charge >= 0.3 is 0 Å². The van der Waals surface area contributed by atoms with E-state index < -0.39 is 0 Å². The van der Waals surface area contributed by atoms with E-state index in [1.54, 1.807) is 0 Å². The monoisotopic (exact) mass is 233 g/mol. The molecule has 1 atom stereocenters. The normalized spacial score (nSPS) is 24.8. The molecule has 3 rings (SSSR count). The average molecular weight is 233 g/mol. The van der Waals surface area contributed by atoms with E-state index in [0.717, 1.165) is 31.3 Å². The Labute approximate surface area is 101 Å². The molecule has 1 aliphatic heterocycles. The Morgan fingerprint density at radius 1 is 1.35 bits per heavy atom. The smallest absolute Gasteiger partial charge is 0.224 e. The molecule has 2 heterocycles. The van der Waals surface area contributed by atoms with Crippen LogP contribution in [0.2, 0.25) is 0 Å². The number of aromatic nitrogens is 2. The first kappa shape index (κ1) is 10.8. The van der Waals surface area contributed by atoms with E-state index in [1.807, 2.05) is 12.3 Å². The zero-order valence-corrected chi connectivity index (χ0v) is 9.97. The Hall–Kier alpha value is -1.36. The van der Waals surface area contributed by atoms with Gasteiger partial charge in [0.05, 0.1) is 0 Å². The standard InChI is InChI=1S/C12H19N5/c13-9-5-7-17(8-9)11-4-6-14-12(16-11)15-10-2-1-3-10/h4,6,9-10H,1-3,5,7-8,13H2,(H,14,15,16). The van der Waals surface area contributed by atoms with Crippen molar-refractivity contribution in [3.05, 3.63) is 12.3 Å². The zero-order valence-electron chi connectivity index (χ0n) is 9.97. The fourth-order valence-corrected chi connectivity index (χ4v) is 2.33. The summed E-state index contributed by atoms with van der Waals surface area (Å²) in [5.74, 6) is 1.75. The van der Waals surface area contributed by atoms with Crippen LogP contribution in [-0.2, 0) is 0 Å². The summed E-state index contributed by atoms with van der Waals surface area (Å²) in [4.78, 5) is 11.1. The molecular formula is C12H19N5. The maximum absolute atomic E-state index is 5.91. The lowest BCUT2D eigenvalue weighted by Gasteiger charge is -2.26. The van der Waals surface area contributed by atoms with Gasteiger partial charge in [-0.25, -0.2) is 4.98 Å². The third-order valence-corrected chi connectivity index (χ3v) is 3.63. The van der Waals surface area contributed by atoms with E-state index in [2.05, 4.69) is 20.2 Å². The summed E-state index contributed by atoms with van der Waals surface area (Å²) in [6, 6.07) is 2.82. The zero-order chi connectivity index (χ0) is 11.7. The Morgan fingerprint density at radius 2 is 2.24 bits per heavy atom. The topological polar surface area (TPSA) is 67.1 Å². The molecule has 0 spiro atoms. The fourth-order valence-electron chi connectivity index (χ4n) is 2.33. The summed E-state index contributed by atoms with van der Waals surface area (Å²) in [5, 5.41) is 3.37. The number of nitrogens with one attached hydrogen (secondary N) is 1. The first-order chi connectivity index (χ1) is 8.31. The number of rotatable bonds is 3. The third-order valence-electron chi connectivity index (χ3n) is 3.63. The largest absolute Gasteiger partial charge is 0.355 e. The molecule has 5 heteroatoms. The van der Waals surface area contributed by atoms with Crippen LogP contribution >= 0.6 is 0 Å². The van der Waals surface area contributed by atoms with E-state index in [-0.39, 0.29) is 6.04 Å². The summed E-state index contributed by atoms with van der Waals surface area (Å²) in [6.45, 7) is 1.90. The summed E-state index contributed by atoms with van der Waals surface area (Å²) in [6.07, 6.45) is 6.67. The summed E-state index contributed by atoms with van der Waals surface area (Å²) >= 11 is 0. The Balaban J connectivity index is 1.69. The van der Waals surface area contributed by atoms with Gasteiger partial charge in [-0.3, -0.25) is 0 Å². The molecule has 5 nitrogen and oxygen atoms in total. The van der Waals surface area contributed by atoms with Gasteiger partial charge in [-0.05, 0) is 31.7 Å². The highest BCUT2D eigenvalue weighted by molar-refractivity contribution is 5.44. The minimum Gasteiger partial charge on any atom is -0.355 e. The molecular weight excluding hydrogens is 214 g/mol. The second kappa shape index (κ2) is 4.49. The van der Waals surface area contributed by atoms with Crippen LogP contribution in [0, 0.1) is 0 Å². The first-order valence-electron chi connectivity index (χ1n) is 6.41. The molecule has 1 saturated carbocycles. The Morgan fingerprint density at radius 3 is 2.88 bits per heavy atom. The SMILES string of the molecule is NC1CCN(c2ccnc(NC3CCC3)n2)C1. The number of hydrogen-bond acceptors (Lipinski definition) is 5. The molecule has 2 fully saturated rings. The molecule has 92 valence electrons. The second-order valence-electron chi connectivity index (χ2n) is 5.01. The van der Waals surface area contributed by atoms with Crippen LogP contribution in [0.15, 0.2) is 12.3 Å². The van der Waals surface area contributed by atoms with Gasteiger partial charge in [0.1, 0.15) is 5.82 Å². The van der Waals surface area contributed by atoms with Crippen molar-refractivity contribution in [3.63, 3.8) is 0 Å². The molecule has 0 amide bonds. The van der Waals surface area contributed by atoms with Gasteiger partial charge in [0.25, 0.3) is 0 Å². The molecule has 17 heavy (non-hydrogen) atoms. The first-order valence-corrected chi connectivity index (χ1v) is 6.41. The average Bonchev–Trinajstić information content (AvgIpc) is 2.71. The van der Waals surface area contributed by atoms with Gasteiger partial charge in [-0.15, -0.1) is 0 Å². The van der Waals surface area contributed by atoms with Crippen molar-refractivity contribution in [1.82, 2.24) is 9.97 Å². The lowest BCUT2D eigenvalue weighted by molar-refractivity contribution is 0.443. The number of nitrogens with two attached hydrogens (primary N) is 1. The minimum atomic E-state index is 0.285. The molecule has 3 N–H and O–H groups in total. The summed E-state index contributed by atoms with van der Waals surface area (Å²) in [7, 11) is 0. The van der Waals surface area contributed by atoms with Gasteiger partial charge in [-0.1, -0.05) is 0 Å². The molecule has 1 aliphatic carbocycles. The second-order valence-corrected chi connectivity index (χ2v) is 5.01. The van der Waals surface area contributed by atoms with Crippen molar-refractivity contribution in [2.75, 3.05) is 23.3 Å². The van der Waals surface area contributed by atoms with Crippen molar-refractivity contribution >= 4 is 11.8 Å². The number of nitrogens with zero attached hydrogens (tertiary/aromatic N) is 3. The highest BCUT2D eigenvalue weighted by atomic mass is 15.3. The van der Waals surface area contributed by atoms with Gasteiger partial charge in [0.2, 0.25) is 5.95 Å². The fraction of sp³-hybridized carbons (Fsp3) is 0.667. The van der Waals surface area contributed by atoms with Crippen LogP contribution in [-0.4, -0.2) is 35.1 Å². The predicted octanol–water partition coefficient (Wildman–Crippen LogP) is 0.978. The molecule has 0 radical (unpaired) electrons. The lowest BCUT2D eigenvalue weighted by Crippen LogP contribution is -2.29. The van der Waals surface area contributed by atoms with Crippen molar-refractivity contribution in [2.24, 2.45) is 5.73 Å². The van der Waals surface area contributed by atoms with Crippen molar-refractivity contribution in [3.8, 4) is 0 Å². The van der Waals surface area contributed by atoms with Gasteiger partial charge in [0.15, 0.2) is 0 Å². The maximum Gasteiger partial charge on any atom is 0.224 e. The van der Waals surface area contributed by atoms with Crippen molar-refractivity contribution in [1.29, 1.82) is 0 Å². The van der Waals surface area contributed by atoms with Crippen LogP contribution < -0.4 is 16.0 Å². The Kier molecular flexibility index (Phi) is 2.84. The van der Waals surface area contributed by atoms with Gasteiger partial charge in [0, 0.05) is 31.4 Å². The predicted molar refractivity (Wildman–Crippen MR) is 68.1 cm³/mol. The summed E-state index contributed by atoms with van der Waals surface area (Å²) in [5.41, 5.74) is 5.91. The highest BCUT2D eigenvalue weighted by Crippen LogP contribution is 2.23. The van der Waals surface area contributed by atoms with Gasteiger partial charge in [-0.2, -0.15) is 4.98 Å². The highest BCUT2D eigenvalue weighted by Gasteiger charge is 2.21. The lowest BCUT2D eigenvalue weighted by atomic mass is 9.93. The van der Waals surface area contributed by atoms with Crippen LogP contribution in [0.4, 0.5) is 11.8 Å². The molecule has 0 aromatic carbocycles. The number of anilines is 2. The molecule has 0 bridgehead atoms. The number of hydrogen-bond donors (Lipinski definition) is 2. The molecule has 2 aliphatic rings. The quantitative estimate of drug-likeness (QED) is 0.814. The van der Waals surface area contributed by atoms with Gasteiger partial charge < -0.3 is 16.0 Å². The molecule has 1 aromatic rings. The maximum atomic E-state index is 5.91. The van der Waals surface area contributed by atoms with Crippen LogP contribution in [0.5, 0.6) is 0 Å². The van der Waals surface area contributed by atoms with E-state index in [4.69, 9.17) is 5.73 Å². The van der Waals surface area contributed by atoms with Crippen LogP contribution in [0.3, 0.4) is 0 Å². The Bertz CT molecular complexity index is 390. The third kappa shape index (κ3) is 2.34. The van der Waals surface area contributed by atoms with Crippen molar-refractivity contribution < 1.29 is 0 Å². The van der Waals surface area contributed by atoms with Crippen molar-refractivity contribution in [2.45, 2.75) is 37.8 Å². The minimum absolute atomic E-state index is 0.285. The van der Waals surface area contributed by atoms with Crippen LogP contribution in [0.1, 0.15) is 25.7 Å². The molecule has 1 aromatic heterocycles. The van der Waals surface area contributed by atoms with E-state index in [0.29, 0.717) is 6.04 Å². The van der Waals surface area contributed by atoms with E-state index in [1.165, 1.54) is 19.3 Å². The molecule has 1 unspecified atom stereocenters. The summed E-state index contributed by atoms with van der Waals surface area (Å²) < 4.78 is 0. The van der Waals surface area contributed by atoms with E-state index >= 15 is 0 Å². The van der Waals surface area contributed by atoms with Crippen LogP contribution in [0.25, 0.3) is 0 Å². The molecule has 1 saturated heterocycles.